The molecular weight excluding hydrogens is 631 g/mol. The van der Waals surface area contributed by atoms with Crippen molar-refractivity contribution in [2.75, 3.05) is 18.6 Å². The fourth-order valence-electron chi connectivity index (χ4n) is 5.11. The number of thiazole rings is 1. The van der Waals surface area contributed by atoms with Gasteiger partial charge >= 0.3 is 18.1 Å². The average Bonchev–Trinajstić information content (AvgIpc) is 3.42. The molecule has 3 rings (SSSR count). The van der Waals surface area contributed by atoms with E-state index in [9.17, 15) is 37.5 Å². The van der Waals surface area contributed by atoms with Crippen molar-refractivity contribution in [2.45, 2.75) is 77.7 Å². The van der Waals surface area contributed by atoms with E-state index in [0.717, 1.165) is 35.0 Å². The largest absolute Gasteiger partial charge is 0.481 e. The van der Waals surface area contributed by atoms with E-state index in [1.807, 2.05) is 25.6 Å². The molecule has 1 aromatic heterocycles. The number of nitrogens with one attached hydrogen (secondary N) is 1. The predicted molar refractivity (Wildman–Crippen MR) is 166 cm³/mol. The number of benzene rings is 1. The van der Waals surface area contributed by atoms with E-state index in [1.165, 1.54) is 31.4 Å². The van der Waals surface area contributed by atoms with Crippen molar-refractivity contribution in [3.63, 3.8) is 0 Å². The number of aromatic nitrogens is 1. The third-order valence-electron chi connectivity index (χ3n) is 7.78. The van der Waals surface area contributed by atoms with Crippen LogP contribution in [0.4, 0.5) is 13.2 Å². The van der Waals surface area contributed by atoms with Crippen LogP contribution < -0.4 is 5.32 Å². The maximum atomic E-state index is 13.3. The molecule has 2 amide bonds. The fourth-order valence-corrected chi connectivity index (χ4v) is 6.75. The molecular formula is C31H40F3N3O6S2. The van der Waals surface area contributed by atoms with Crippen LogP contribution in [0.2, 0.25) is 0 Å². The summed E-state index contributed by atoms with van der Waals surface area (Å²) in [4.78, 5) is 56.0. The summed E-state index contributed by atoms with van der Waals surface area (Å²) in [6, 6.07) is 3.51. The van der Waals surface area contributed by atoms with Gasteiger partial charge < -0.3 is 20.1 Å². The van der Waals surface area contributed by atoms with Gasteiger partial charge in [-0.25, -0.2) is 4.98 Å². The number of rotatable bonds is 15. The van der Waals surface area contributed by atoms with Crippen LogP contribution in [0.15, 0.2) is 29.6 Å². The van der Waals surface area contributed by atoms with Gasteiger partial charge in [0.2, 0.25) is 5.91 Å². The van der Waals surface area contributed by atoms with E-state index in [1.54, 1.807) is 11.9 Å². The highest BCUT2D eigenvalue weighted by atomic mass is 32.2. The van der Waals surface area contributed by atoms with E-state index in [2.05, 4.69) is 10.3 Å². The lowest BCUT2D eigenvalue weighted by molar-refractivity contribution is -0.148. The Hall–Kier alpha value is -3.13. The number of halogens is 3. The topological polar surface area (TPSA) is 126 Å². The molecule has 14 heteroatoms. The second kappa shape index (κ2) is 15.9. The van der Waals surface area contributed by atoms with Gasteiger partial charge in [-0.1, -0.05) is 32.9 Å². The summed E-state index contributed by atoms with van der Waals surface area (Å²) in [7, 11) is 1.75. The number of ether oxygens (including phenoxy) is 1. The summed E-state index contributed by atoms with van der Waals surface area (Å²) in [6.45, 7) is 6.72. The van der Waals surface area contributed by atoms with Crippen LogP contribution in [0, 0.1) is 17.8 Å². The van der Waals surface area contributed by atoms with Gasteiger partial charge in [-0.2, -0.15) is 24.9 Å². The number of hydrogen-bond acceptors (Lipinski definition) is 8. The van der Waals surface area contributed by atoms with Crippen molar-refractivity contribution >= 4 is 46.9 Å². The summed E-state index contributed by atoms with van der Waals surface area (Å²) >= 11 is 2.93. The molecule has 1 aliphatic rings. The molecule has 0 bridgehead atoms. The zero-order valence-electron chi connectivity index (χ0n) is 25.9. The molecule has 0 saturated carbocycles. The van der Waals surface area contributed by atoms with Gasteiger partial charge in [0.1, 0.15) is 10.7 Å². The number of amides is 2. The third kappa shape index (κ3) is 10.7. The Morgan fingerprint density at radius 3 is 2.27 bits per heavy atom. The quantitative estimate of drug-likeness (QED) is 0.226. The van der Waals surface area contributed by atoms with Gasteiger partial charge in [0, 0.05) is 44.3 Å². The first kappa shape index (κ1) is 36.3. The van der Waals surface area contributed by atoms with Gasteiger partial charge in [0.25, 0.3) is 5.91 Å². The van der Waals surface area contributed by atoms with Gasteiger partial charge in [0.15, 0.2) is 6.10 Å². The highest BCUT2D eigenvalue weighted by molar-refractivity contribution is 8.00. The molecule has 4 unspecified atom stereocenters. The summed E-state index contributed by atoms with van der Waals surface area (Å²) < 4.78 is 44.6. The Morgan fingerprint density at radius 1 is 1.11 bits per heavy atom. The lowest BCUT2D eigenvalue weighted by atomic mass is 9.95. The molecule has 1 saturated heterocycles. The number of esters is 1. The number of aliphatic carboxylic acids is 1. The molecule has 45 heavy (non-hydrogen) atoms. The predicted octanol–water partition coefficient (Wildman–Crippen LogP) is 5.84. The number of nitrogens with zero attached hydrogens (tertiary/aromatic N) is 2. The lowest BCUT2D eigenvalue weighted by Crippen LogP contribution is -2.43. The van der Waals surface area contributed by atoms with Crippen molar-refractivity contribution in [1.82, 2.24) is 15.2 Å². The Labute approximate surface area is 269 Å². The maximum absolute atomic E-state index is 13.3. The van der Waals surface area contributed by atoms with Crippen LogP contribution in [-0.4, -0.2) is 69.4 Å². The third-order valence-corrected chi connectivity index (χ3v) is 10.1. The number of carbonyl (C=O) groups excluding carboxylic acids is 3. The Balaban J connectivity index is 1.77. The number of thioether (sulfide) groups is 1. The average molecular weight is 672 g/mol. The van der Waals surface area contributed by atoms with Gasteiger partial charge in [0.05, 0.1) is 11.5 Å². The Morgan fingerprint density at radius 2 is 1.76 bits per heavy atom. The van der Waals surface area contributed by atoms with E-state index >= 15 is 0 Å². The summed E-state index contributed by atoms with van der Waals surface area (Å²) in [5.74, 6) is -0.686. The number of carboxylic acid groups (broad SMARTS) is 1. The number of hydrogen-bond donors (Lipinski definition) is 2. The molecule has 4 atom stereocenters. The van der Waals surface area contributed by atoms with Crippen LogP contribution in [-0.2, 0) is 31.7 Å². The van der Waals surface area contributed by atoms with E-state index in [-0.39, 0.29) is 42.8 Å². The molecule has 1 aliphatic heterocycles. The Kier molecular flexibility index (Phi) is 12.9. The van der Waals surface area contributed by atoms with Crippen molar-refractivity contribution in [3.8, 4) is 0 Å². The van der Waals surface area contributed by atoms with Crippen LogP contribution in [0.3, 0.4) is 0 Å². The second-order valence-electron chi connectivity index (χ2n) is 11.9. The molecule has 0 aliphatic carbocycles. The van der Waals surface area contributed by atoms with Crippen LogP contribution in [0.1, 0.15) is 79.7 Å². The van der Waals surface area contributed by atoms with E-state index in [4.69, 9.17) is 4.74 Å². The normalized spacial score (nSPS) is 16.3. The van der Waals surface area contributed by atoms with Crippen molar-refractivity contribution < 1.29 is 42.2 Å². The summed E-state index contributed by atoms with van der Waals surface area (Å²) in [5, 5.41) is 14.1. The number of carboxylic acids is 1. The van der Waals surface area contributed by atoms with Crippen LogP contribution >= 0.6 is 23.1 Å². The Bertz CT molecular complexity index is 1330. The van der Waals surface area contributed by atoms with E-state index < -0.39 is 47.6 Å². The van der Waals surface area contributed by atoms with Crippen LogP contribution in [0.25, 0.3) is 0 Å². The molecule has 1 fully saturated rings. The summed E-state index contributed by atoms with van der Waals surface area (Å²) in [5.41, 5.74) is -0.286. The first-order valence-corrected chi connectivity index (χ1v) is 16.7. The van der Waals surface area contributed by atoms with Gasteiger partial charge in [-0.3, -0.25) is 19.2 Å². The smallest absolute Gasteiger partial charge is 0.416 e. The zero-order chi connectivity index (χ0) is 33.5. The highest BCUT2D eigenvalue weighted by Crippen LogP contribution is 2.33. The first-order valence-electron chi connectivity index (χ1n) is 14.7. The van der Waals surface area contributed by atoms with Gasteiger partial charge in [-0.05, 0) is 53.9 Å². The maximum Gasteiger partial charge on any atom is 0.416 e. The zero-order valence-corrected chi connectivity index (χ0v) is 27.6. The molecule has 0 radical (unpaired) electrons. The minimum Gasteiger partial charge on any atom is -0.481 e. The second-order valence-corrected chi connectivity index (χ2v) is 13.8. The van der Waals surface area contributed by atoms with Gasteiger partial charge in [-0.15, -0.1) is 11.3 Å². The van der Waals surface area contributed by atoms with E-state index in [0.29, 0.717) is 22.9 Å². The lowest BCUT2D eigenvalue weighted by Gasteiger charge is -2.35. The molecule has 2 N–H and O–H groups in total. The summed E-state index contributed by atoms with van der Waals surface area (Å²) in [6.07, 6.45) is -4.44. The monoisotopic (exact) mass is 671 g/mol. The first-order chi connectivity index (χ1) is 21.0. The molecule has 0 spiro atoms. The standard InChI is InChI=1S/C31H40F3N3O6S2/c1-17(2)25(37(5)27(39)12-21-14-44-15-21)13-26(43-19(4)38)29-36-24(16-45-29)28(40)35-23(10-18(3)30(41)42)11-20-6-8-22(9-7-20)31(32,33)34/h6-9,16-18,21,23,25-26H,10-15H2,1-5H3,(H,35,40)(H,41,42). The van der Waals surface area contributed by atoms with Crippen molar-refractivity contribution in [1.29, 1.82) is 0 Å². The number of alkyl halides is 3. The minimum absolute atomic E-state index is 0.0226. The fraction of sp³-hybridized carbons (Fsp3) is 0.581. The van der Waals surface area contributed by atoms with Crippen molar-refractivity contribution in [3.05, 3.63) is 51.5 Å². The molecule has 2 aromatic rings. The minimum atomic E-state index is -4.49. The van der Waals surface area contributed by atoms with Crippen molar-refractivity contribution in [2.24, 2.45) is 17.8 Å². The highest BCUT2D eigenvalue weighted by Gasteiger charge is 2.33. The molecule has 1 aromatic carbocycles. The SMILES string of the molecule is CC(=O)OC(CC(C(C)C)N(C)C(=O)CC1CSC1)c1nc(C(=O)NC(Cc2ccc(C(F)(F)F)cc2)CC(C)C(=O)O)cs1. The molecule has 2 heterocycles. The number of carbonyl (C=O) groups is 4. The van der Waals surface area contributed by atoms with Crippen LogP contribution in [0.5, 0.6) is 0 Å². The molecule has 9 nitrogen and oxygen atoms in total. The molecule has 248 valence electrons.